The summed E-state index contributed by atoms with van der Waals surface area (Å²) in [7, 11) is 0. The van der Waals surface area contributed by atoms with Crippen molar-refractivity contribution in [1.29, 1.82) is 10.5 Å². The molecular weight excluding hydrogens is 499 g/mol. The van der Waals surface area contributed by atoms with Crippen molar-refractivity contribution >= 4 is 46.4 Å². The second-order valence-electron chi connectivity index (χ2n) is 6.36. The molecule has 0 fully saturated rings. The van der Waals surface area contributed by atoms with Gasteiger partial charge in [0.2, 0.25) is 0 Å². The van der Waals surface area contributed by atoms with Gasteiger partial charge in [-0.05, 0) is 73.9 Å². The van der Waals surface area contributed by atoms with Crippen LogP contribution in [-0.2, 0) is 0 Å². The van der Waals surface area contributed by atoms with E-state index in [-0.39, 0.29) is 31.0 Å². The summed E-state index contributed by atoms with van der Waals surface area (Å²) in [6, 6.07) is 14.6. The van der Waals surface area contributed by atoms with E-state index in [0.29, 0.717) is 32.0 Å². The summed E-state index contributed by atoms with van der Waals surface area (Å²) in [4.78, 5) is 12.2. The summed E-state index contributed by atoms with van der Waals surface area (Å²) < 4.78 is 0. The number of halogens is 4. The predicted molar refractivity (Wildman–Crippen MR) is 127 cm³/mol. The SMILES string of the molecule is CC#N.Cc1cc(Cl)nc(C(C#N)c2cc(C)cc(Cl)n2)c1.Cc1cc(Cl)nc(Cl)c1.[H-].[Na+]. The smallest absolute Gasteiger partial charge is 1.00 e. The minimum Gasteiger partial charge on any atom is -1.00 e. The van der Waals surface area contributed by atoms with Gasteiger partial charge in [0.15, 0.2) is 0 Å². The molecule has 0 saturated carbocycles. The van der Waals surface area contributed by atoms with Crippen molar-refractivity contribution in [2.75, 3.05) is 0 Å². The van der Waals surface area contributed by atoms with Gasteiger partial charge in [-0.1, -0.05) is 46.4 Å². The van der Waals surface area contributed by atoms with Crippen molar-refractivity contribution < 1.29 is 31.0 Å². The molecule has 0 radical (unpaired) electrons. The van der Waals surface area contributed by atoms with Gasteiger partial charge in [0, 0.05) is 6.92 Å². The molecule has 0 aliphatic rings. The molecule has 3 aromatic heterocycles. The van der Waals surface area contributed by atoms with E-state index in [9.17, 15) is 5.26 Å². The topological polar surface area (TPSA) is 86.2 Å². The van der Waals surface area contributed by atoms with Gasteiger partial charge in [-0.3, -0.25) is 0 Å². The number of nitriles is 2. The van der Waals surface area contributed by atoms with Crippen LogP contribution in [0.3, 0.4) is 0 Å². The summed E-state index contributed by atoms with van der Waals surface area (Å²) in [6.07, 6.45) is 0. The largest absolute Gasteiger partial charge is 1.00 e. The normalized spacial score (nSPS) is 9.22. The molecule has 0 atom stereocenters. The number of pyridine rings is 3. The molecule has 3 aromatic rings. The van der Waals surface area contributed by atoms with Crippen molar-refractivity contribution in [1.82, 2.24) is 15.0 Å². The number of hydrogen-bond donors (Lipinski definition) is 0. The Morgan fingerprint density at radius 2 is 0.969 bits per heavy atom. The zero-order valence-electron chi connectivity index (χ0n) is 19.3. The fourth-order valence-corrected chi connectivity index (χ4v) is 3.57. The van der Waals surface area contributed by atoms with Crippen LogP contribution in [0.4, 0.5) is 0 Å². The average molecular weight is 519 g/mol. The zero-order valence-corrected chi connectivity index (χ0v) is 23.3. The average Bonchev–Trinajstić information content (AvgIpc) is 2.60. The molecule has 3 heterocycles. The Hall–Kier alpha value is -1.41. The maximum absolute atomic E-state index is 9.38. The quantitative estimate of drug-likeness (QED) is 0.370. The molecule has 0 spiro atoms. The van der Waals surface area contributed by atoms with Crippen molar-refractivity contribution in [3.8, 4) is 12.1 Å². The molecule has 0 amide bonds. The van der Waals surface area contributed by atoms with E-state index in [4.69, 9.17) is 51.7 Å². The van der Waals surface area contributed by atoms with Gasteiger partial charge in [-0.15, -0.1) is 0 Å². The first-order chi connectivity index (χ1) is 14.6. The van der Waals surface area contributed by atoms with Crippen LogP contribution in [0.2, 0.25) is 20.6 Å². The molecule has 10 heteroatoms. The van der Waals surface area contributed by atoms with Crippen LogP contribution in [0.1, 0.15) is 42.3 Å². The monoisotopic (exact) mass is 517 g/mol. The van der Waals surface area contributed by atoms with E-state index in [1.54, 1.807) is 30.3 Å². The Bertz CT molecular complexity index is 990. The van der Waals surface area contributed by atoms with Crippen LogP contribution in [0.5, 0.6) is 0 Å². The molecule has 0 N–H and O–H groups in total. The molecule has 3 rings (SSSR count). The van der Waals surface area contributed by atoms with Gasteiger partial charge < -0.3 is 1.43 Å². The van der Waals surface area contributed by atoms with E-state index >= 15 is 0 Å². The van der Waals surface area contributed by atoms with Gasteiger partial charge >= 0.3 is 29.6 Å². The summed E-state index contributed by atoms with van der Waals surface area (Å²) in [5.74, 6) is -0.574. The molecule has 0 unspecified atom stereocenters. The van der Waals surface area contributed by atoms with Crippen molar-refractivity contribution in [2.24, 2.45) is 0 Å². The maximum Gasteiger partial charge on any atom is 1.00 e. The molecule has 32 heavy (non-hydrogen) atoms. The van der Waals surface area contributed by atoms with Crippen LogP contribution in [0, 0.1) is 43.4 Å². The minimum absolute atomic E-state index is 0. The first-order valence-electron chi connectivity index (χ1n) is 8.87. The second kappa shape index (κ2) is 15.4. The maximum atomic E-state index is 9.38. The van der Waals surface area contributed by atoms with Gasteiger partial charge in [-0.25, -0.2) is 15.0 Å². The molecule has 0 saturated heterocycles. The second-order valence-corrected chi connectivity index (χ2v) is 7.91. The molecule has 0 aliphatic heterocycles. The third-order valence-corrected chi connectivity index (χ3v) is 4.32. The zero-order chi connectivity index (χ0) is 23.6. The summed E-state index contributed by atoms with van der Waals surface area (Å²) in [5, 5.41) is 18.3. The first-order valence-corrected chi connectivity index (χ1v) is 10.4. The Kier molecular flexibility index (Phi) is 14.8. The summed E-state index contributed by atoms with van der Waals surface area (Å²) >= 11 is 23.0. The van der Waals surface area contributed by atoms with Crippen LogP contribution in [-0.4, -0.2) is 15.0 Å². The van der Waals surface area contributed by atoms with Crippen molar-refractivity contribution in [3.05, 3.63) is 85.1 Å². The minimum atomic E-state index is -0.574. The molecule has 0 aliphatic carbocycles. The number of hydrogen-bond acceptors (Lipinski definition) is 5. The number of rotatable bonds is 2. The third kappa shape index (κ3) is 10.9. The van der Waals surface area contributed by atoms with Gasteiger partial charge in [0.1, 0.15) is 26.5 Å². The number of aryl methyl sites for hydroxylation is 3. The third-order valence-electron chi connectivity index (χ3n) is 3.54. The Morgan fingerprint density at radius 1 is 0.688 bits per heavy atom. The van der Waals surface area contributed by atoms with Crippen LogP contribution in [0.15, 0.2) is 36.4 Å². The fourth-order valence-electron chi connectivity index (χ4n) is 2.46. The molecule has 0 bridgehead atoms. The predicted octanol–water partition coefficient (Wildman–Crippen LogP) is 4.40. The number of aromatic nitrogens is 3. The van der Waals surface area contributed by atoms with E-state index in [1.165, 1.54) is 6.92 Å². The summed E-state index contributed by atoms with van der Waals surface area (Å²) in [6.45, 7) is 7.16. The van der Waals surface area contributed by atoms with E-state index < -0.39 is 5.92 Å². The van der Waals surface area contributed by atoms with E-state index in [1.807, 2.05) is 32.9 Å². The standard InChI is InChI=1S/C14H11Cl2N3.C6H5Cl2N.C2H3N.Na.H/c1-8-3-11(18-13(15)5-8)10(7-17)12-4-9(2)6-14(16)19-12;1-4-2-5(7)9-6(8)3-4;1-2-3;;/h3-6,10H,1-2H3;2-3H,1H3;1H3;;/q;;;+1;-1. The van der Waals surface area contributed by atoms with E-state index in [2.05, 4.69) is 21.0 Å². The van der Waals surface area contributed by atoms with Crippen molar-refractivity contribution in [3.63, 3.8) is 0 Å². The first kappa shape index (κ1) is 30.6. The van der Waals surface area contributed by atoms with Crippen LogP contribution < -0.4 is 29.6 Å². The Balaban J connectivity index is 0. The van der Waals surface area contributed by atoms with Gasteiger partial charge in [-0.2, -0.15) is 10.5 Å². The van der Waals surface area contributed by atoms with Crippen LogP contribution in [0.25, 0.3) is 0 Å². The summed E-state index contributed by atoms with van der Waals surface area (Å²) in [5.41, 5.74) is 4.10. The number of nitrogens with zero attached hydrogens (tertiary/aromatic N) is 5. The Morgan fingerprint density at radius 3 is 1.22 bits per heavy atom. The fraction of sp³-hybridized carbons (Fsp3) is 0.227. The van der Waals surface area contributed by atoms with Crippen LogP contribution >= 0.6 is 46.4 Å². The molecule has 162 valence electrons. The van der Waals surface area contributed by atoms with Crippen molar-refractivity contribution in [2.45, 2.75) is 33.6 Å². The molecule has 5 nitrogen and oxygen atoms in total. The van der Waals surface area contributed by atoms with E-state index in [0.717, 1.165) is 16.7 Å². The van der Waals surface area contributed by atoms with Gasteiger partial charge in [0.25, 0.3) is 0 Å². The molecule has 0 aromatic carbocycles. The molecular formula is C22H20Cl4N5Na. The van der Waals surface area contributed by atoms with Gasteiger partial charge in [0.05, 0.1) is 23.5 Å². The Labute approximate surface area is 232 Å².